The van der Waals surface area contributed by atoms with Crippen LogP contribution in [0.3, 0.4) is 0 Å². The van der Waals surface area contributed by atoms with Crippen LogP contribution in [0.1, 0.15) is 0 Å². The van der Waals surface area contributed by atoms with Crippen molar-refractivity contribution < 1.29 is 27.5 Å². The molecule has 0 saturated carbocycles. The van der Waals surface area contributed by atoms with Gasteiger partial charge in [0.1, 0.15) is 0 Å². The first-order valence-electron chi connectivity index (χ1n) is 5.22. The number of hydrogen-bond acceptors (Lipinski definition) is 10. The van der Waals surface area contributed by atoms with E-state index in [1.165, 1.54) is 0 Å². The monoisotopic (exact) mass is 326 g/mol. The third-order valence-electron chi connectivity index (χ3n) is 2.31. The highest BCUT2D eigenvalue weighted by Gasteiger charge is 2.25. The van der Waals surface area contributed by atoms with Gasteiger partial charge in [0.2, 0.25) is 0 Å². The molecule has 1 saturated heterocycles. The smallest absolute Gasteiger partial charge is 0.472 e. The number of nitrogens with zero attached hydrogens (tertiary/aromatic N) is 4. The van der Waals surface area contributed by atoms with Crippen molar-refractivity contribution >= 4 is 40.0 Å². The summed E-state index contributed by atoms with van der Waals surface area (Å²) in [6.45, 7) is 1.49. The maximum atomic E-state index is 10.6. The third-order valence-corrected chi connectivity index (χ3v) is 3.59. The quantitative estimate of drug-likeness (QED) is 0.396. The van der Waals surface area contributed by atoms with E-state index in [1.54, 1.807) is 0 Å². The van der Waals surface area contributed by atoms with E-state index in [9.17, 15) is 8.42 Å². The first kappa shape index (κ1) is 16.5. The number of nitrogens with two attached hydrogens (primary N) is 2. The zero-order valence-electron chi connectivity index (χ0n) is 10.2. The Hall–Kier alpha value is -1.57. The fourth-order valence-corrected chi connectivity index (χ4v) is 2.76. The van der Waals surface area contributed by atoms with Crippen LogP contribution in [0.25, 0.3) is 0 Å². The molecule has 0 radical (unpaired) electrons. The topological polar surface area (TPSA) is 179 Å². The molecular formula is C7H14N6O5S2. The van der Waals surface area contributed by atoms with Gasteiger partial charge < -0.3 is 21.8 Å². The molecule has 0 aliphatic carbocycles. The summed E-state index contributed by atoms with van der Waals surface area (Å²) < 4.78 is 34.4. The third kappa shape index (κ3) is 3.96. The number of thioether (sulfide) groups is 1. The summed E-state index contributed by atoms with van der Waals surface area (Å²) in [6, 6.07) is 0. The molecule has 0 atom stereocenters. The molecule has 2 rings (SSSR count). The van der Waals surface area contributed by atoms with Gasteiger partial charge in [-0.25, -0.2) is 4.28 Å². The predicted octanol–water partition coefficient (Wildman–Crippen LogP) is -2.46. The molecule has 13 heteroatoms. The van der Waals surface area contributed by atoms with Crippen LogP contribution in [0.2, 0.25) is 0 Å². The number of nitrogen functional groups attached to an aromatic ring is 2. The summed E-state index contributed by atoms with van der Waals surface area (Å²) in [6.07, 6.45) is 0. The SMILES string of the molecule is Nc1nc(N2CCSCC2)nc(N)[n+]1OS(=O)(=O)O.[OH-]. The molecule has 2 heterocycles. The van der Waals surface area contributed by atoms with Crippen molar-refractivity contribution in [2.24, 2.45) is 0 Å². The second kappa shape index (κ2) is 6.25. The van der Waals surface area contributed by atoms with E-state index < -0.39 is 10.4 Å². The van der Waals surface area contributed by atoms with Gasteiger partial charge in [-0.3, -0.25) is 4.55 Å². The maximum absolute atomic E-state index is 10.6. The van der Waals surface area contributed by atoms with Gasteiger partial charge in [-0.2, -0.15) is 20.2 Å². The average molecular weight is 326 g/mol. The van der Waals surface area contributed by atoms with E-state index in [-0.39, 0.29) is 17.4 Å². The molecule has 1 fully saturated rings. The molecule has 11 nitrogen and oxygen atoms in total. The van der Waals surface area contributed by atoms with Gasteiger partial charge in [-0.1, -0.05) is 9.97 Å². The Balaban J connectivity index is 0.00000200. The Morgan fingerprint density at radius 1 is 1.25 bits per heavy atom. The first-order valence-corrected chi connectivity index (χ1v) is 7.74. The van der Waals surface area contributed by atoms with Gasteiger partial charge in [-0.05, 0) is 4.73 Å². The lowest BCUT2D eigenvalue weighted by Gasteiger charge is -2.24. The average Bonchev–Trinajstić information content (AvgIpc) is 2.33. The van der Waals surface area contributed by atoms with Crippen molar-refractivity contribution in [2.45, 2.75) is 0 Å². The summed E-state index contributed by atoms with van der Waals surface area (Å²) in [5.41, 5.74) is 11.1. The van der Waals surface area contributed by atoms with Crippen molar-refractivity contribution in [3.05, 3.63) is 0 Å². The maximum Gasteiger partial charge on any atom is 0.472 e. The molecule has 1 aromatic heterocycles. The normalized spacial score (nSPS) is 15.6. The van der Waals surface area contributed by atoms with E-state index >= 15 is 0 Å². The van der Waals surface area contributed by atoms with Crippen LogP contribution in [-0.4, -0.2) is 53.0 Å². The Labute approximate surface area is 119 Å². The lowest BCUT2D eigenvalue weighted by molar-refractivity contribution is -0.836. The number of aromatic nitrogens is 3. The number of hydrogen-bond donors (Lipinski definition) is 3. The molecule has 1 aliphatic rings. The minimum Gasteiger partial charge on any atom is -0.870 e. The Morgan fingerprint density at radius 2 is 1.75 bits per heavy atom. The Kier molecular flexibility index (Phi) is 5.15. The summed E-state index contributed by atoms with van der Waals surface area (Å²) in [7, 11) is -4.75. The van der Waals surface area contributed by atoms with Crippen LogP contribution in [-0.2, 0) is 10.4 Å². The van der Waals surface area contributed by atoms with Crippen molar-refractivity contribution in [1.29, 1.82) is 0 Å². The van der Waals surface area contributed by atoms with Crippen LogP contribution in [0, 0.1) is 0 Å². The highest BCUT2D eigenvalue weighted by Crippen LogP contribution is 2.15. The minimum absolute atomic E-state index is 0. The zero-order valence-corrected chi connectivity index (χ0v) is 11.8. The highest BCUT2D eigenvalue weighted by atomic mass is 32.3. The van der Waals surface area contributed by atoms with Crippen LogP contribution >= 0.6 is 11.8 Å². The fraction of sp³-hybridized carbons (Fsp3) is 0.571. The fourth-order valence-electron chi connectivity index (χ4n) is 1.51. The molecule has 1 aliphatic heterocycles. The molecule has 114 valence electrons. The molecule has 0 bridgehead atoms. The Morgan fingerprint density at radius 3 is 2.20 bits per heavy atom. The van der Waals surface area contributed by atoms with E-state index in [0.717, 1.165) is 24.6 Å². The summed E-state index contributed by atoms with van der Waals surface area (Å²) in [4.78, 5) is 9.69. The summed E-state index contributed by atoms with van der Waals surface area (Å²) in [5, 5.41) is 0. The van der Waals surface area contributed by atoms with E-state index in [4.69, 9.17) is 16.0 Å². The Bertz CT molecular complexity index is 552. The van der Waals surface area contributed by atoms with Crippen LogP contribution in [0.4, 0.5) is 17.8 Å². The minimum atomic E-state index is -4.75. The molecular weight excluding hydrogens is 312 g/mol. The molecule has 0 unspecified atom stereocenters. The van der Waals surface area contributed by atoms with Crippen molar-refractivity contribution in [2.75, 3.05) is 41.0 Å². The summed E-state index contributed by atoms with van der Waals surface area (Å²) >= 11 is 1.81. The van der Waals surface area contributed by atoms with Gasteiger partial charge in [0, 0.05) is 24.6 Å². The van der Waals surface area contributed by atoms with E-state index in [2.05, 4.69) is 14.3 Å². The predicted molar refractivity (Wildman–Crippen MR) is 70.7 cm³/mol. The largest absolute Gasteiger partial charge is 0.870 e. The van der Waals surface area contributed by atoms with E-state index in [0.29, 0.717) is 10.7 Å². The molecule has 0 amide bonds. The second-order valence-corrected chi connectivity index (χ2v) is 5.87. The molecule has 20 heavy (non-hydrogen) atoms. The van der Waals surface area contributed by atoms with Crippen LogP contribution in [0.5, 0.6) is 0 Å². The van der Waals surface area contributed by atoms with Gasteiger partial charge in [0.25, 0.3) is 0 Å². The lowest BCUT2D eigenvalue weighted by Crippen LogP contribution is -2.51. The molecule has 1 aromatic rings. The molecule has 0 spiro atoms. The van der Waals surface area contributed by atoms with Crippen LogP contribution < -0.4 is 25.4 Å². The zero-order chi connectivity index (χ0) is 14.0. The number of anilines is 3. The highest BCUT2D eigenvalue weighted by molar-refractivity contribution is 7.99. The number of rotatable bonds is 3. The molecule has 0 aromatic carbocycles. The summed E-state index contributed by atoms with van der Waals surface area (Å²) in [5.74, 6) is 1.52. The van der Waals surface area contributed by atoms with Crippen molar-refractivity contribution in [1.82, 2.24) is 9.97 Å². The van der Waals surface area contributed by atoms with Crippen molar-refractivity contribution in [3.63, 3.8) is 0 Å². The van der Waals surface area contributed by atoms with Gasteiger partial charge >= 0.3 is 28.2 Å². The van der Waals surface area contributed by atoms with Crippen LogP contribution in [0.15, 0.2) is 0 Å². The van der Waals surface area contributed by atoms with Crippen molar-refractivity contribution in [3.8, 4) is 0 Å². The lowest BCUT2D eigenvalue weighted by atomic mass is 10.5. The standard InChI is InChI=1S/C7H12N6O4S2.H2O/c8-5-10-7(12-1-3-18-4-2-12)11-6(9)13(5)17-19(14,15)16;/h1-4H2,(H4,8,9,10,11,14,15,16);1H2. The van der Waals surface area contributed by atoms with Gasteiger partial charge in [0.15, 0.2) is 0 Å². The first-order chi connectivity index (χ1) is 8.87. The van der Waals surface area contributed by atoms with Gasteiger partial charge in [0.05, 0.1) is 0 Å². The van der Waals surface area contributed by atoms with E-state index in [1.807, 2.05) is 16.7 Å². The second-order valence-electron chi connectivity index (χ2n) is 3.64. The van der Waals surface area contributed by atoms with Gasteiger partial charge in [-0.15, -0.1) is 0 Å². The molecule has 6 N–H and O–H groups in total.